The fourth-order valence-corrected chi connectivity index (χ4v) is 2.57. The molecule has 0 N–H and O–H groups in total. The average Bonchev–Trinajstić information content (AvgIpc) is 2.32. The van der Waals surface area contributed by atoms with Crippen molar-refractivity contribution in [3.05, 3.63) is 0 Å². The lowest BCUT2D eigenvalue weighted by Crippen LogP contribution is -2.55. The summed E-state index contributed by atoms with van der Waals surface area (Å²) >= 11 is 0. The Morgan fingerprint density at radius 1 is 1.19 bits per heavy atom. The van der Waals surface area contributed by atoms with E-state index in [9.17, 15) is 4.79 Å². The van der Waals surface area contributed by atoms with E-state index < -0.39 is 0 Å². The quantitative estimate of drug-likeness (QED) is 0.675. The summed E-state index contributed by atoms with van der Waals surface area (Å²) in [5.74, 6) is 0.657. The third-order valence-corrected chi connectivity index (χ3v) is 3.80. The van der Waals surface area contributed by atoms with Crippen LogP contribution < -0.4 is 0 Å². The molecule has 0 aromatic carbocycles. The van der Waals surface area contributed by atoms with Crippen molar-refractivity contribution in [2.75, 3.05) is 46.9 Å². The van der Waals surface area contributed by atoms with Crippen molar-refractivity contribution >= 4 is 5.78 Å². The molecule has 1 unspecified atom stereocenters. The van der Waals surface area contributed by atoms with Gasteiger partial charge in [-0.1, -0.05) is 0 Å². The summed E-state index contributed by atoms with van der Waals surface area (Å²) in [4.78, 5) is 16.8. The maximum Gasteiger partial charge on any atom is 0.154 e. The number of ketones is 1. The minimum atomic E-state index is 0.0989. The summed E-state index contributed by atoms with van der Waals surface area (Å²) in [6.07, 6.45) is 1.82. The zero-order chi connectivity index (χ0) is 11.5. The number of nitrogens with zero attached hydrogens (tertiary/aromatic N) is 2. The van der Waals surface area contributed by atoms with Crippen molar-refractivity contribution in [1.29, 1.82) is 0 Å². The first-order valence-corrected chi connectivity index (χ1v) is 6.18. The van der Waals surface area contributed by atoms with E-state index in [1.54, 1.807) is 0 Å². The van der Waals surface area contributed by atoms with E-state index in [1.807, 2.05) is 0 Å². The zero-order valence-electron chi connectivity index (χ0n) is 10.3. The fraction of sp³-hybridized carbons (Fsp3) is 0.917. The van der Waals surface area contributed by atoms with Gasteiger partial charge >= 0.3 is 0 Å². The van der Waals surface area contributed by atoms with Crippen molar-refractivity contribution in [2.45, 2.75) is 18.9 Å². The summed E-state index contributed by atoms with van der Waals surface area (Å²) in [7, 11) is 4.16. The van der Waals surface area contributed by atoms with Gasteiger partial charge in [0, 0.05) is 38.8 Å². The van der Waals surface area contributed by atoms with E-state index in [1.165, 1.54) is 0 Å². The molecule has 0 aromatic heterocycles. The second-order valence-electron chi connectivity index (χ2n) is 5.05. The van der Waals surface area contributed by atoms with E-state index >= 15 is 0 Å². The summed E-state index contributed by atoms with van der Waals surface area (Å²) in [5.41, 5.74) is 0. The lowest BCUT2D eigenvalue weighted by atomic mass is 9.89. The maximum absolute atomic E-state index is 12.4. The topological polar surface area (TPSA) is 32.8 Å². The highest BCUT2D eigenvalue weighted by atomic mass is 16.5. The standard InChI is InChI=1S/C12H22N2O2/c1-13-5-6-14(2)11(9-13)12(15)10-3-7-16-8-4-10/h10-11H,3-9H2,1-2H3. The number of likely N-dealkylation sites (N-methyl/N-ethyl adjacent to an activating group) is 2. The van der Waals surface area contributed by atoms with Crippen molar-refractivity contribution in [3.63, 3.8) is 0 Å². The lowest BCUT2D eigenvalue weighted by molar-refractivity contribution is -0.132. The van der Waals surface area contributed by atoms with Gasteiger partial charge in [-0.3, -0.25) is 9.69 Å². The Kier molecular flexibility index (Phi) is 3.95. The number of carbonyl (C=O) groups is 1. The first kappa shape index (κ1) is 12.0. The highest BCUT2D eigenvalue weighted by molar-refractivity contribution is 5.86. The number of hydrogen-bond donors (Lipinski definition) is 0. The van der Waals surface area contributed by atoms with Gasteiger partial charge in [0.05, 0.1) is 6.04 Å². The molecule has 2 rings (SSSR count). The Bertz CT molecular complexity index is 251. The third kappa shape index (κ3) is 2.62. The van der Waals surface area contributed by atoms with Gasteiger partial charge in [-0.25, -0.2) is 0 Å². The van der Waals surface area contributed by atoms with E-state index in [-0.39, 0.29) is 12.0 Å². The number of rotatable bonds is 2. The molecule has 0 radical (unpaired) electrons. The SMILES string of the molecule is CN1CCN(C)C(C(=O)C2CCOCC2)C1. The molecule has 4 heteroatoms. The molecule has 0 bridgehead atoms. The highest BCUT2D eigenvalue weighted by Gasteiger charge is 2.33. The molecule has 2 aliphatic rings. The predicted molar refractivity (Wildman–Crippen MR) is 62.5 cm³/mol. The number of hydrogen-bond acceptors (Lipinski definition) is 4. The summed E-state index contributed by atoms with van der Waals surface area (Å²) in [6, 6.07) is 0.0989. The van der Waals surface area contributed by atoms with Gasteiger partial charge in [0.25, 0.3) is 0 Å². The second kappa shape index (κ2) is 5.25. The van der Waals surface area contributed by atoms with Gasteiger partial charge in [-0.05, 0) is 26.9 Å². The Morgan fingerprint density at radius 3 is 2.56 bits per heavy atom. The number of ether oxygens (including phenoxy) is 1. The van der Waals surface area contributed by atoms with Gasteiger partial charge in [0.15, 0.2) is 5.78 Å². The summed E-state index contributed by atoms with van der Waals surface area (Å²) < 4.78 is 5.31. The Morgan fingerprint density at radius 2 is 1.88 bits per heavy atom. The Balaban J connectivity index is 1.96. The molecule has 0 amide bonds. The van der Waals surface area contributed by atoms with Crippen LogP contribution in [0.25, 0.3) is 0 Å². The molecule has 2 heterocycles. The van der Waals surface area contributed by atoms with Crippen molar-refractivity contribution in [1.82, 2.24) is 9.80 Å². The minimum Gasteiger partial charge on any atom is -0.381 e. The Hall–Kier alpha value is -0.450. The van der Waals surface area contributed by atoms with Crippen LogP contribution in [0.5, 0.6) is 0 Å². The highest BCUT2D eigenvalue weighted by Crippen LogP contribution is 2.20. The van der Waals surface area contributed by atoms with Crippen LogP contribution in [-0.4, -0.2) is 68.6 Å². The van der Waals surface area contributed by atoms with Gasteiger partial charge in [0.1, 0.15) is 0 Å². The molecule has 0 spiro atoms. The van der Waals surface area contributed by atoms with Crippen LogP contribution in [0.2, 0.25) is 0 Å². The van der Waals surface area contributed by atoms with E-state index in [4.69, 9.17) is 4.74 Å². The third-order valence-electron chi connectivity index (χ3n) is 3.80. The van der Waals surface area contributed by atoms with E-state index in [2.05, 4.69) is 23.9 Å². The molecular weight excluding hydrogens is 204 g/mol. The smallest absolute Gasteiger partial charge is 0.154 e. The van der Waals surface area contributed by atoms with Gasteiger partial charge in [-0.2, -0.15) is 0 Å². The molecule has 1 atom stereocenters. The molecule has 0 aliphatic carbocycles. The maximum atomic E-state index is 12.4. The lowest BCUT2D eigenvalue weighted by Gasteiger charge is -2.38. The van der Waals surface area contributed by atoms with Crippen molar-refractivity contribution < 1.29 is 9.53 Å². The van der Waals surface area contributed by atoms with Crippen LogP contribution >= 0.6 is 0 Å². The van der Waals surface area contributed by atoms with Crippen molar-refractivity contribution in [3.8, 4) is 0 Å². The monoisotopic (exact) mass is 226 g/mol. The molecule has 2 saturated heterocycles. The first-order valence-electron chi connectivity index (χ1n) is 6.18. The molecule has 2 aliphatic heterocycles. The van der Waals surface area contributed by atoms with Crippen LogP contribution in [0.3, 0.4) is 0 Å². The van der Waals surface area contributed by atoms with Gasteiger partial charge in [0.2, 0.25) is 0 Å². The second-order valence-corrected chi connectivity index (χ2v) is 5.05. The van der Waals surface area contributed by atoms with Crippen LogP contribution in [0.1, 0.15) is 12.8 Å². The van der Waals surface area contributed by atoms with Crippen LogP contribution in [0, 0.1) is 5.92 Å². The summed E-state index contributed by atoms with van der Waals surface area (Å²) in [5, 5.41) is 0. The molecule has 16 heavy (non-hydrogen) atoms. The van der Waals surface area contributed by atoms with E-state index in [0.29, 0.717) is 5.78 Å². The predicted octanol–water partition coefficient (Wildman–Crippen LogP) is 0.228. The molecule has 2 fully saturated rings. The van der Waals surface area contributed by atoms with Crippen LogP contribution in [-0.2, 0) is 9.53 Å². The van der Waals surface area contributed by atoms with Gasteiger partial charge < -0.3 is 9.64 Å². The zero-order valence-corrected chi connectivity index (χ0v) is 10.3. The fourth-order valence-electron chi connectivity index (χ4n) is 2.57. The number of piperazine rings is 1. The molecule has 92 valence electrons. The molecule has 0 aromatic rings. The van der Waals surface area contributed by atoms with Crippen molar-refractivity contribution in [2.24, 2.45) is 5.92 Å². The average molecular weight is 226 g/mol. The minimum absolute atomic E-state index is 0.0989. The van der Waals surface area contributed by atoms with E-state index in [0.717, 1.165) is 45.7 Å². The molecule has 4 nitrogen and oxygen atoms in total. The first-order chi connectivity index (χ1) is 7.68. The largest absolute Gasteiger partial charge is 0.381 e. The number of Topliss-reactive ketones (excluding diaryl/α,β-unsaturated/α-hetero) is 1. The number of carbonyl (C=O) groups excluding carboxylic acids is 1. The Labute approximate surface area is 97.5 Å². The molecule has 0 saturated carbocycles. The van der Waals surface area contributed by atoms with Crippen LogP contribution in [0.4, 0.5) is 0 Å². The molecular formula is C12H22N2O2. The van der Waals surface area contributed by atoms with Crippen LogP contribution in [0.15, 0.2) is 0 Å². The van der Waals surface area contributed by atoms with Gasteiger partial charge in [-0.15, -0.1) is 0 Å². The normalized spacial score (nSPS) is 30.5. The summed E-state index contributed by atoms with van der Waals surface area (Å²) in [6.45, 7) is 4.45.